The summed E-state index contributed by atoms with van der Waals surface area (Å²) in [4.78, 5) is 13.6. The molecule has 0 bridgehead atoms. The van der Waals surface area contributed by atoms with Crippen LogP contribution in [0.5, 0.6) is 0 Å². The zero-order valence-corrected chi connectivity index (χ0v) is 13.7. The first kappa shape index (κ1) is 16.3. The van der Waals surface area contributed by atoms with Crippen molar-refractivity contribution in [3.8, 4) is 0 Å². The number of carbonyl (C=O) groups excluding carboxylic acids is 1. The fourth-order valence-corrected chi connectivity index (χ4v) is 3.48. The minimum Gasteiger partial charge on any atom is -0.450 e. The molecule has 1 aromatic carbocycles. The maximum Gasteiger partial charge on any atom is 0.409 e. The van der Waals surface area contributed by atoms with E-state index in [0.717, 1.165) is 39.0 Å². The second-order valence-corrected chi connectivity index (χ2v) is 6.22. The van der Waals surface area contributed by atoms with Gasteiger partial charge in [0.25, 0.3) is 0 Å². The summed E-state index contributed by atoms with van der Waals surface area (Å²) in [5, 5.41) is 3.75. The summed E-state index contributed by atoms with van der Waals surface area (Å²) in [6, 6.07) is 11.2. The zero-order chi connectivity index (χ0) is 16.1. The Labute approximate surface area is 137 Å². The molecule has 0 unspecified atom stereocenters. The lowest BCUT2D eigenvalue weighted by molar-refractivity contribution is 0.0834. The number of nitrogens with one attached hydrogen (secondary N) is 1. The monoisotopic (exact) mass is 318 g/mol. The molecule has 5 heteroatoms. The van der Waals surface area contributed by atoms with Gasteiger partial charge in [0.05, 0.1) is 12.7 Å². The number of amides is 1. The normalized spacial score (nSPS) is 25.5. The summed E-state index contributed by atoms with van der Waals surface area (Å²) >= 11 is 0. The topological polar surface area (TPSA) is 50.8 Å². The maximum absolute atomic E-state index is 11.7. The van der Waals surface area contributed by atoms with Gasteiger partial charge >= 0.3 is 6.09 Å². The first-order chi connectivity index (χ1) is 11.3. The Balaban J connectivity index is 1.51. The Bertz CT molecular complexity index is 500. The second-order valence-electron chi connectivity index (χ2n) is 6.22. The first-order valence-electron chi connectivity index (χ1n) is 8.62. The van der Waals surface area contributed by atoms with Gasteiger partial charge in [-0.15, -0.1) is 0 Å². The SMILES string of the molecule is CCOC(=O)N1CCC(N[C@@H]2CCO[C@@H]2c2ccccc2)CC1. The van der Waals surface area contributed by atoms with Crippen LogP contribution in [0.3, 0.4) is 0 Å². The van der Waals surface area contributed by atoms with Crippen LogP contribution in [-0.2, 0) is 9.47 Å². The minimum absolute atomic E-state index is 0.138. The van der Waals surface area contributed by atoms with E-state index in [2.05, 4.69) is 29.6 Å². The highest BCUT2D eigenvalue weighted by atomic mass is 16.6. The van der Waals surface area contributed by atoms with E-state index < -0.39 is 0 Å². The van der Waals surface area contributed by atoms with E-state index in [9.17, 15) is 4.79 Å². The van der Waals surface area contributed by atoms with Gasteiger partial charge in [-0.2, -0.15) is 0 Å². The number of rotatable bonds is 4. The highest BCUT2D eigenvalue weighted by molar-refractivity contribution is 5.67. The van der Waals surface area contributed by atoms with E-state index in [1.54, 1.807) is 0 Å². The second kappa shape index (κ2) is 7.79. The first-order valence-corrected chi connectivity index (χ1v) is 8.62. The van der Waals surface area contributed by atoms with Gasteiger partial charge in [0.1, 0.15) is 0 Å². The molecule has 0 aromatic heterocycles. The third-order valence-electron chi connectivity index (χ3n) is 4.69. The van der Waals surface area contributed by atoms with Gasteiger partial charge in [-0.05, 0) is 31.7 Å². The molecule has 2 saturated heterocycles. The van der Waals surface area contributed by atoms with Gasteiger partial charge in [-0.25, -0.2) is 4.79 Å². The van der Waals surface area contributed by atoms with Crippen molar-refractivity contribution in [3.63, 3.8) is 0 Å². The van der Waals surface area contributed by atoms with Crippen molar-refractivity contribution in [3.05, 3.63) is 35.9 Å². The molecule has 2 heterocycles. The van der Waals surface area contributed by atoms with E-state index >= 15 is 0 Å². The number of likely N-dealkylation sites (tertiary alicyclic amines) is 1. The number of hydrogen-bond acceptors (Lipinski definition) is 4. The van der Waals surface area contributed by atoms with Gasteiger partial charge in [0.15, 0.2) is 0 Å². The molecule has 0 aliphatic carbocycles. The summed E-state index contributed by atoms with van der Waals surface area (Å²) in [5.41, 5.74) is 1.24. The molecule has 2 aliphatic rings. The molecule has 2 atom stereocenters. The van der Waals surface area contributed by atoms with Crippen molar-refractivity contribution >= 4 is 6.09 Å². The summed E-state index contributed by atoms with van der Waals surface area (Å²) in [7, 11) is 0. The summed E-state index contributed by atoms with van der Waals surface area (Å²) in [6.45, 7) is 4.62. The van der Waals surface area contributed by atoms with Crippen molar-refractivity contribution in [1.29, 1.82) is 0 Å². The van der Waals surface area contributed by atoms with Gasteiger partial charge in [0, 0.05) is 31.8 Å². The van der Waals surface area contributed by atoms with Crippen LogP contribution in [0.25, 0.3) is 0 Å². The lowest BCUT2D eigenvalue weighted by atomic mass is 9.98. The van der Waals surface area contributed by atoms with Crippen LogP contribution >= 0.6 is 0 Å². The predicted molar refractivity (Wildman–Crippen MR) is 88.3 cm³/mol. The van der Waals surface area contributed by atoms with Gasteiger partial charge in [0.2, 0.25) is 0 Å². The number of nitrogens with zero attached hydrogens (tertiary/aromatic N) is 1. The lowest BCUT2D eigenvalue weighted by Crippen LogP contribution is -2.48. The Morgan fingerprint density at radius 1 is 1.26 bits per heavy atom. The molecular weight excluding hydrogens is 292 g/mol. The smallest absolute Gasteiger partial charge is 0.409 e. The van der Waals surface area contributed by atoms with Crippen LogP contribution in [0, 0.1) is 0 Å². The number of benzene rings is 1. The fraction of sp³-hybridized carbons (Fsp3) is 0.611. The molecular formula is C18H26N2O3. The summed E-state index contributed by atoms with van der Waals surface area (Å²) < 4.78 is 11.0. The largest absolute Gasteiger partial charge is 0.450 e. The highest BCUT2D eigenvalue weighted by Crippen LogP contribution is 2.30. The molecule has 5 nitrogen and oxygen atoms in total. The van der Waals surface area contributed by atoms with Crippen molar-refractivity contribution in [2.75, 3.05) is 26.3 Å². The summed E-state index contributed by atoms with van der Waals surface area (Å²) in [6.07, 6.45) is 2.93. The molecule has 3 rings (SSSR count). The average molecular weight is 318 g/mol. The van der Waals surface area contributed by atoms with Crippen LogP contribution in [-0.4, -0.2) is 49.4 Å². The van der Waals surface area contributed by atoms with Crippen molar-refractivity contribution in [1.82, 2.24) is 10.2 Å². The number of piperidine rings is 1. The molecule has 126 valence electrons. The van der Waals surface area contributed by atoms with E-state index in [-0.39, 0.29) is 12.2 Å². The third kappa shape index (κ3) is 4.03. The molecule has 23 heavy (non-hydrogen) atoms. The van der Waals surface area contributed by atoms with E-state index in [1.807, 2.05) is 17.9 Å². The summed E-state index contributed by atoms with van der Waals surface area (Å²) in [5.74, 6) is 0. The molecule has 2 aliphatic heterocycles. The average Bonchev–Trinajstić information content (AvgIpc) is 3.05. The van der Waals surface area contributed by atoms with Crippen molar-refractivity contribution < 1.29 is 14.3 Å². The lowest BCUT2D eigenvalue weighted by Gasteiger charge is -2.34. The third-order valence-corrected chi connectivity index (χ3v) is 4.69. The Morgan fingerprint density at radius 3 is 2.70 bits per heavy atom. The van der Waals surface area contributed by atoms with Gasteiger partial charge in [-0.3, -0.25) is 0 Å². The molecule has 1 amide bonds. The Kier molecular flexibility index (Phi) is 5.51. The predicted octanol–water partition coefficient (Wildman–Crippen LogP) is 2.73. The quantitative estimate of drug-likeness (QED) is 0.927. The van der Waals surface area contributed by atoms with E-state index in [4.69, 9.17) is 9.47 Å². The zero-order valence-electron chi connectivity index (χ0n) is 13.7. The Hall–Kier alpha value is -1.59. The molecule has 0 radical (unpaired) electrons. The van der Waals surface area contributed by atoms with Gasteiger partial charge < -0.3 is 19.7 Å². The molecule has 1 aromatic rings. The number of ether oxygens (including phenoxy) is 2. The van der Waals surface area contributed by atoms with Crippen molar-refractivity contribution in [2.24, 2.45) is 0 Å². The minimum atomic E-state index is -0.183. The van der Waals surface area contributed by atoms with E-state index in [1.165, 1.54) is 5.56 Å². The number of carbonyl (C=O) groups is 1. The van der Waals surface area contributed by atoms with Crippen LogP contribution in [0.2, 0.25) is 0 Å². The van der Waals surface area contributed by atoms with Crippen LogP contribution in [0.15, 0.2) is 30.3 Å². The van der Waals surface area contributed by atoms with Gasteiger partial charge in [-0.1, -0.05) is 30.3 Å². The van der Waals surface area contributed by atoms with E-state index in [0.29, 0.717) is 18.7 Å². The standard InChI is InChI=1S/C18H26N2O3/c1-2-22-18(21)20-11-8-15(9-12-20)19-16-10-13-23-17(16)14-6-4-3-5-7-14/h3-7,15-17,19H,2,8-13H2,1H3/t16-,17-/m1/s1. The molecule has 0 spiro atoms. The molecule has 0 saturated carbocycles. The van der Waals surface area contributed by atoms with Crippen LogP contribution in [0.4, 0.5) is 4.79 Å². The fourth-order valence-electron chi connectivity index (χ4n) is 3.48. The number of hydrogen-bond donors (Lipinski definition) is 1. The highest BCUT2D eigenvalue weighted by Gasteiger charge is 2.32. The van der Waals surface area contributed by atoms with Crippen LogP contribution in [0.1, 0.15) is 37.9 Å². The molecule has 1 N–H and O–H groups in total. The van der Waals surface area contributed by atoms with Crippen molar-refractivity contribution in [2.45, 2.75) is 44.4 Å². The Morgan fingerprint density at radius 2 is 2.00 bits per heavy atom. The molecule has 2 fully saturated rings. The van der Waals surface area contributed by atoms with Crippen LogP contribution < -0.4 is 5.32 Å². The maximum atomic E-state index is 11.7.